The summed E-state index contributed by atoms with van der Waals surface area (Å²) in [6.07, 6.45) is 3.45. The number of aldehydes is 1. The number of hydrogen-bond acceptors (Lipinski definition) is 4. The number of nitrogens with zero attached hydrogens (tertiary/aromatic N) is 2. The Balaban J connectivity index is 2.30. The summed E-state index contributed by atoms with van der Waals surface area (Å²) < 4.78 is 6.68. The molecular weight excluding hydrogens is 248 g/mol. The molecule has 0 unspecified atom stereocenters. The van der Waals surface area contributed by atoms with E-state index in [2.05, 4.69) is 5.10 Å². The summed E-state index contributed by atoms with van der Waals surface area (Å²) in [5.74, 6) is -0.405. The summed E-state index contributed by atoms with van der Waals surface area (Å²) in [6.45, 7) is 0.331. The zero-order chi connectivity index (χ0) is 13.8. The van der Waals surface area contributed by atoms with E-state index < -0.39 is 5.97 Å². The third kappa shape index (κ3) is 2.79. The van der Waals surface area contributed by atoms with Gasteiger partial charge in [0.25, 0.3) is 0 Å². The van der Waals surface area contributed by atoms with Gasteiger partial charge in [-0.3, -0.25) is 9.48 Å². The minimum atomic E-state index is -1.03. The Morgan fingerprint density at radius 2 is 2.32 bits per heavy atom. The number of carbonyl (C=O) groups excluding carboxylic acids is 1. The molecule has 2 aromatic rings. The molecule has 1 heterocycles. The van der Waals surface area contributed by atoms with Gasteiger partial charge in [0, 0.05) is 17.3 Å². The lowest BCUT2D eigenvalue weighted by Crippen LogP contribution is -2.03. The molecule has 6 nitrogen and oxygen atoms in total. The van der Waals surface area contributed by atoms with Gasteiger partial charge in [-0.2, -0.15) is 5.10 Å². The minimum Gasteiger partial charge on any atom is -0.496 e. The van der Waals surface area contributed by atoms with E-state index in [-0.39, 0.29) is 5.56 Å². The fourth-order valence-corrected chi connectivity index (χ4v) is 1.73. The van der Waals surface area contributed by atoms with Crippen LogP contribution in [0.1, 0.15) is 26.3 Å². The Morgan fingerprint density at radius 1 is 1.53 bits per heavy atom. The number of carboxylic acid groups (broad SMARTS) is 1. The highest BCUT2D eigenvalue weighted by Gasteiger charge is 2.09. The van der Waals surface area contributed by atoms with Gasteiger partial charge >= 0.3 is 5.97 Å². The SMILES string of the molecule is COc1ccc(C=O)cc1Cn1cc(C(=O)O)cn1. The molecule has 0 atom stereocenters. The van der Waals surface area contributed by atoms with E-state index in [9.17, 15) is 9.59 Å². The Kier molecular flexibility index (Phi) is 3.61. The third-order valence-corrected chi connectivity index (χ3v) is 2.65. The highest BCUT2D eigenvalue weighted by molar-refractivity contribution is 5.86. The minimum absolute atomic E-state index is 0.116. The lowest BCUT2D eigenvalue weighted by molar-refractivity contribution is 0.0696. The van der Waals surface area contributed by atoms with Crippen molar-refractivity contribution in [2.24, 2.45) is 0 Å². The number of methoxy groups -OCH3 is 1. The zero-order valence-corrected chi connectivity index (χ0v) is 10.2. The predicted octanol–water partition coefficient (Wildman–Crippen LogP) is 1.45. The number of aromatic nitrogens is 2. The lowest BCUT2D eigenvalue weighted by Gasteiger charge is -2.09. The van der Waals surface area contributed by atoms with Gasteiger partial charge in [0.05, 0.1) is 25.4 Å². The Morgan fingerprint density at radius 3 is 2.89 bits per heavy atom. The summed E-state index contributed by atoms with van der Waals surface area (Å²) in [5.41, 5.74) is 1.40. The van der Waals surface area contributed by atoms with Crippen molar-refractivity contribution in [2.45, 2.75) is 6.54 Å². The highest BCUT2D eigenvalue weighted by Crippen LogP contribution is 2.20. The van der Waals surface area contributed by atoms with Gasteiger partial charge < -0.3 is 9.84 Å². The maximum atomic E-state index is 10.8. The van der Waals surface area contributed by atoms with Gasteiger partial charge in [-0.25, -0.2) is 4.79 Å². The number of rotatable bonds is 5. The monoisotopic (exact) mass is 260 g/mol. The predicted molar refractivity (Wildman–Crippen MR) is 66.7 cm³/mol. The Labute approximate surface area is 109 Å². The summed E-state index contributed by atoms with van der Waals surface area (Å²) in [6, 6.07) is 5.04. The highest BCUT2D eigenvalue weighted by atomic mass is 16.5. The first-order valence-corrected chi connectivity index (χ1v) is 5.52. The molecule has 0 bridgehead atoms. The largest absolute Gasteiger partial charge is 0.496 e. The number of carboxylic acids is 1. The van der Waals surface area contributed by atoms with Crippen molar-refractivity contribution >= 4 is 12.3 Å². The molecule has 0 fully saturated rings. The molecule has 1 aromatic carbocycles. The smallest absolute Gasteiger partial charge is 0.338 e. The average molecular weight is 260 g/mol. The van der Waals surface area contributed by atoms with E-state index in [0.29, 0.717) is 17.9 Å². The zero-order valence-electron chi connectivity index (χ0n) is 10.2. The van der Waals surface area contributed by atoms with Crippen LogP contribution in [0.4, 0.5) is 0 Å². The van der Waals surface area contributed by atoms with E-state index in [1.54, 1.807) is 18.2 Å². The quantitative estimate of drug-likeness (QED) is 0.823. The molecule has 0 aliphatic rings. The lowest BCUT2D eigenvalue weighted by atomic mass is 10.1. The van der Waals surface area contributed by atoms with Gasteiger partial charge in [0.2, 0.25) is 0 Å². The number of benzene rings is 1. The maximum absolute atomic E-state index is 10.8. The first-order chi connectivity index (χ1) is 9.13. The van der Waals surface area contributed by atoms with E-state index in [0.717, 1.165) is 11.8 Å². The molecule has 0 radical (unpaired) electrons. The van der Waals surface area contributed by atoms with Crippen molar-refractivity contribution in [3.8, 4) is 5.75 Å². The molecule has 0 saturated carbocycles. The van der Waals surface area contributed by atoms with Crippen molar-refractivity contribution in [3.63, 3.8) is 0 Å². The number of hydrogen-bond donors (Lipinski definition) is 1. The fourth-order valence-electron chi connectivity index (χ4n) is 1.73. The normalized spacial score (nSPS) is 10.2. The van der Waals surface area contributed by atoms with Crippen LogP contribution in [-0.4, -0.2) is 34.3 Å². The first-order valence-electron chi connectivity index (χ1n) is 5.52. The van der Waals surface area contributed by atoms with Crippen molar-refractivity contribution in [1.29, 1.82) is 0 Å². The molecule has 0 spiro atoms. The second-order valence-corrected chi connectivity index (χ2v) is 3.92. The van der Waals surface area contributed by atoms with E-state index in [1.807, 2.05) is 0 Å². The van der Waals surface area contributed by atoms with Crippen molar-refractivity contribution < 1.29 is 19.4 Å². The molecule has 98 valence electrons. The molecule has 0 aliphatic heterocycles. The molecule has 1 aromatic heterocycles. The van der Waals surface area contributed by atoms with Crippen molar-refractivity contribution in [1.82, 2.24) is 9.78 Å². The van der Waals surface area contributed by atoms with Gasteiger partial charge in [0.15, 0.2) is 0 Å². The fraction of sp³-hybridized carbons (Fsp3) is 0.154. The van der Waals surface area contributed by atoms with E-state index >= 15 is 0 Å². The molecule has 0 saturated heterocycles. The van der Waals surface area contributed by atoms with Crippen molar-refractivity contribution in [2.75, 3.05) is 7.11 Å². The standard InChI is InChI=1S/C13H12N2O4/c1-19-12-3-2-9(8-16)4-10(12)6-15-7-11(5-14-15)13(17)18/h2-5,7-8H,6H2,1H3,(H,17,18). The first kappa shape index (κ1) is 12.8. The number of carbonyl (C=O) groups is 2. The molecule has 0 aliphatic carbocycles. The number of aromatic carboxylic acids is 1. The van der Waals surface area contributed by atoms with Crippen LogP contribution in [0.3, 0.4) is 0 Å². The topological polar surface area (TPSA) is 81.4 Å². The van der Waals surface area contributed by atoms with Crippen LogP contribution >= 0.6 is 0 Å². The molecule has 6 heteroatoms. The van der Waals surface area contributed by atoms with Crippen LogP contribution in [0, 0.1) is 0 Å². The van der Waals surface area contributed by atoms with Gasteiger partial charge in [-0.1, -0.05) is 0 Å². The summed E-state index contributed by atoms with van der Waals surface area (Å²) >= 11 is 0. The second kappa shape index (κ2) is 5.34. The molecule has 0 amide bonds. The van der Waals surface area contributed by atoms with Gasteiger partial charge in [-0.05, 0) is 18.2 Å². The molecular formula is C13H12N2O4. The maximum Gasteiger partial charge on any atom is 0.338 e. The summed E-state index contributed by atoms with van der Waals surface area (Å²) in [7, 11) is 1.53. The van der Waals surface area contributed by atoms with Crippen LogP contribution in [0.5, 0.6) is 5.75 Å². The second-order valence-electron chi connectivity index (χ2n) is 3.92. The molecule has 19 heavy (non-hydrogen) atoms. The Hall–Kier alpha value is -2.63. The van der Waals surface area contributed by atoms with Crippen LogP contribution in [0.2, 0.25) is 0 Å². The van der Waals surface area contributed by atoms with Crippen LogP contribution in [0.25, 0.3) is 0 Å². The summed E-state index contributed by atoms with van der Waals surface area (Å²) in [5, 5.41) is 12.8. The third-order valence-electron chi connectivity index (χ3n) is 2.65. The van der Waals surface area contributed by atoms with E-state index in [4.69, 9.17) is 9.84 Å². The van der Waals surface area contributed by atoms with Crippen LogP contribution in [-0.2, 0) is 6.54 Å². The van der Waals surface area contributed by atoms with Crippen LogP contribution < -0.4 is 4.74 Å². The molecule has 2 rings (SSSR count). The van der Waals surface area contributed by atoms with Gasteiger partial charge in [0.1, 0.15) is 12.0 Å². The average Bonchev–Trinajstić information content (AvgIpc) is 2.87. The van der Waals surface area contributed by atoms with E-state index in [1.165, 1.54) is 24.2 Å². The van der Waals surface area contributed by atoms with Crippen LogP contribution in [0.15, 0.2) is 30.6 Å². The van der Waals surface area contributed by atoms with Crippen molar-refractivity contribution in [3.05, 3.63) is 47.3 Å². The van der Waals surface area contributed by atoms with Gasteiger partial charge in [-0.15, -0.1) is 0 Å². The number of ether oxygens (including phenoxy) is 1. The Bertz CT molecular complexity index is 619. The summed E-state index contributed by atoms with van der Waals surface area (Å²) in [4.78, 5) is 21.5. The molecule has 1 N–H and O–H groups in total.